The van der Waals surface area contributed by atoms with Gasteiger partial charge in [0.25, 0.3) is 5.91 Å². The minimum atomic E-state index is -1.07. The summed E-state index contributed by atoms with van der Waals surface area (Å²) in [4.78, 5) is 39.4. The van der Waals surface area contributed by atoms with Crippen molar-refractivity contribution in [2.45, 2.75) is 18.9 Å². The molecular formula is C25H25N3O6S. The molecule has 1 aromatic heterocycles. The number of ether oxygens (including phenoxy) is 2. The normalized spacial score (nSPS) is 12.9. The predicted molar refractivity (Wildman–Crippen MR) is 130 cm³/mol. The standard InChI is InChI=1S/C25H25N3O6S/c1-15(24-28-21(14-35-24)23(31)26-10-11-33-13-22(29)30)27-25(32)34-12-20-18-8-4-2-6-16(18)17-7-3-5-9-19(17)20/h2-9,14-15,20H,10-13H2,1H3,(H,26,31)(H,27,32)(H,29,30). The molecule has 0 radical (unpaired) electrons. The molecule has 1 heterocycles. The fourth-order valence-electron chi connectivity index (χ4n) is 3.96. The van der Waals surface area contributed by atoms with Crippen molar-refractivity contribution in [2.24, 2.45) is 0 Å². The van der Waals surface area contributed by atoms with Crippen molar-refractivity contribution in [3.63, 3.8) is 0 Å². The van der Waals surface area contributed by atoms with Gasteiger partial charge in [-0.25, -0.2) is 14.6 Å². The highest BCUT2D eigenvalue weighted by atomic mass is 32.1. The van der Waals surface area contributed by atoms with Crippen LogP contribution in [0.1, 0.15) is 45.5 Å². The van der Waals surface area contributed by atoms with Crippen molar-refractivity contribution in [3.05, 3.63) is 75.7 Å². The summed E-state index contributed by atoms with van der Waals surface area (Å²) in [6.07, 6.45) is -0.559. The summed E-state index contributed by atoms with van der Waals surface area (Å²) >= 11 is 1.25. The summed E-state index contributed by atoms with van der Waals surface area (Å²) in [5, 5.41) is 16.1. The molecule has 35 heavy (non-hydrogen) atoms. The molecule has 0 fully saturated rings. The lowest BCUT2D eigenvalue weighted by molar-refractivity contribution is -0.142. The Labute approximate surface area is 206 Å². The Bertz CT molecular complexity index is 1180. The molecule has 0 aliphatic heterocycles. The van der Waals surface area contributed by atoms with E-state index in [0.29, 0.717) is 5.01 Å². The molecule has 3 aromatic rings. The first kappa shape index (κ1) is 24.4. The van der Waals surface area contributed by atoms with Crippen LogP contribution < -0.4 is 10.6 Å². The fraction of sp³-hybridized carbons (Fsp3) is 0.280. The smallest absolute Gasteiger partial charge is 0.407 e. The number of hydrogen-bond acceptors (Lipinski definition) is 7. The van der Waals surface area contributed by atoms with Gasteiger partial charge in [-0.15, -0.1) is 11.3 Å². The molecule has 1 aliphatic carbocycles. The molecule has 4 rings (SSSR count). The van der Waals surface area contributed by atoms with E-state index >= 15 is 0 Å². The zero-order chi connectivity index (χ0) is 24.8. The highest BCUT2D eigenvalue weighted by Gasteiger charge is 2.29. The molecular weight excluding hydrogens is 470 g/mol. The number of fused-ring (bicyclic) bond motifs is 3. The van der Waals surface area contributed by atoms with Crippen LogP contribution in [0.25, 0.3) is 11.1 Å². The highest BCUT2D eigenvalue weighted by molar-refractivity contribution is 7.09. The Hall–Kier alpha value is -3.76. The van der Waals surface area contributed by atoms with Crippen LogP contribution in [0.15, 0.2) is 53.9 Å². The summed E-state index contributed by atoms with van der Waals surface area (Å²) in [5.41, 5.74) is 4.81. The van der Waals surface area contributed by atoms with Crippen LogP contribution in [-0.2, 0) is 14.3 Å². The number of aromatic nitrogens is 1. The Morgan fingerprint density at radius 3 is 2.40 bits per heavy atom. The van der Waals surface area contributed by atoms with Gasteiger partial charge >= 0.3 is 12.1 Å². The Kier molecular flexibility index (Phi) is 7.74. The first-order valence-electron chi connectivity index (χ1n) is 11.1. The number of hydrogen-bond donors (Lipinski definition) is 3. The summed E-state index contributed by atoms with van der Waals surface area (Å²) in [6.45, 7) is 1.79. The van der Waals surface area contributed by atoms with E-state index in [1.165, 1.54) is 11.3 Å². The average molecular weight is 496 g/mol. The van der Waals surface area contributed by atoms with E-state index in [1.54, 1.807) is 12.3 Å². The quantitative estimate of drug-likeness (QED) is 0.367. The van der Waals surface area contributed by atoms with Crippen LogP contribution in [0.5, 0.6) is 0 Å². The second-order valence-electron chi connectivity index (χ2n) is 7.96. The number of nitrogens with zero attached hydrogens (tertiary/aromatic N) is 1. The monoisotopic (exact) mass is 495 g/mol. The van der Waals surface area contributed by atoms with Gasteiger partial charge in [-0.3, -0.25) is 4.79 Å². The molecule has 1 aliphatic rings. The van der Waals surface area contributed by atoms with Gasteiger partial charge in [-0.2, -0.15) is 0 Å². The Morgan fingerprint density at radius 2 is 1.74 bits per heavy atom. The number of nitrogens with one attached hydrogen (secondary N) is 2. The number of amides is 2. The van der Waals surface area contributed by atoms with E-state index in [4.69, 9.17) is 14.6 Å². The van der Waals surface area contributed by atoms with Gasteiger partial charge in [0.2, 0.25) is 0 Å². The van der Waals surface area contributed by atoms with Crippen molar-refractivity contribution in [1.82, 2.24) is 15.6 Å². The largest absolute Gasteiger partial charge is 0.480 e. The lowest BCUT2D eigenvalue weighted by atomic mass is 9.98. The number of carboxylic acid groups (broad SMARTS) is 1. The maximum Gasteiger partial charge on any atom is 0.407 e. The number of alkyl carbamates (subject to hydrolysis) is 1. The van der Waals surface area contributed by atoms with Gasteiger partial charge in [-0.05, 0) is 29.2 Å². The van der Waals surface area contributed by atoms with Gasteiger partial charge in [0.1, 0.15) is 23.9 Å². The maximum atomic E-state index is 12.5. The summed E-state index contributed by atoms with van der Waals surface area (Å²) in [6, 6.07) is 15.8. The fourth-order valence-corrected chi connectivity index (χ4v) is 4.76. The van der Waals surface area contributed by atoms with Crippen LogP contribution >= 0.6 is 11.3 Å². The first-order valence-corrected chi connectivity index (χ1v) is 12.0. The van der Waals surface area contributed by atoms with E-state index in [9.17, 15) is 14.4 Å². The van der Waals surface area contributed by atoms with Gasteiger partial charge in [-0.1, -0.05) is 48.5 Å². The number of carboxylic acids is 1. The SMILES string of the molecule is CC(NC(=O)OCC1c2ccccc2-c2ccccc21)c1nc(C(=O)NCCOCC(=O)O)cs1. The second-order valence-corrected chi connectivity index (χ2v) is 8.85. The molecule has 1 unspecified atom stereocenters. The van der Waals surface area contributed by atoms with Crippen LogP contribution in [0.4, 0.5) is 4.79 Å². The highest BCUT2D eigenvalue weighted by Crippen LogP contribution is 2.44. The van der Waals surface area contributed by atoms with Gasteiger partial charge in [0.05, 0.1) is 12.6 Å². The minimum Gasteiger partial charge on any atom is -0.480 e. The second kappa shape index (κ2) is 11.1. The van der Waals surface area contributed by atoms with E-state index < -0.39 is 30.6 Å². The molecule has 0 spiro atoms. The van der Waals surface area contributed by atoms with E-state index in [2.05, 4.69) is 39.9 Å². The molecule has 9 nitrogen and oxygen atoms in total. The summed E-state index contributed by atoms with van der Waals surface area (Å²) < 4.78 is 10.4. The van der Waals surface area contributed by atoms with Crippen molar-refractivity contribution in [1.29, 1.82) is 0 Å². The van der Waals surface area contributed by atoms with Crippen LogP contribution in [0, 0.1) is 0 Å². The third kappa shape index (κ3) is 5.84. The Balaban J connectivity index is 1.28. The van der Waals surface area contributed by atoms with Gasteiger partial charge < -0.3 is 25.2 Å². The van der Waals surface area contributed by atoms with Crippen LogP contribution in [-0.4, -0.2) is 54.4 Å². The molecule has 3 N–H and O–H groups in total. The lowest BCUT2D eigenvalue weighted by Gasteiger charge is -2.16. The first-order chi connectivity index (χ1) is 16.9. The molecule has 0 bridgehead atoms. The van der Waals surface area contributed by atoms with Crippen molar-refractivity contribution in [3.8, 4) is 11.1 Å². The molecule has 2 aromatic carbocycles. The van der Waals surface area contributed by atoms with E-state index in [-0.39, 0.29) is 31.4 Å². The number of benzene rings is 2. The van der Waals surface area contributed by atoms with Gasteiger partial charge in [0.15, 0.2) is 0 Å². The van der Waals surface area contributed by atoms with Crippen LogP contribution in [0.2, 0.25) is 0 Å². The third-order valence-corrected chi connectivity index (χ3v) is 6.59. The average Bonchev–Trinajstić information content (AvgIpc) is 3.46. The Morgan fingerprint density at radius 1 is 1.09 bits per heavy atom. The predicted octanol–water partition coefficient (Wildman–Crippen LogP) is 3.57. The van der Waals surface area contributed by atoms with Crippen molar-refractivity contribution >= 4 is 29.3 Å². The third-order valence-electron chi connectivity index (χ3n) is 5.56. The topological polar surface area (TPSA) is 127 Å². The lowest BCUT2D eigenvalue weighted by Crippen LogP contribution is -2.29. The maximum absolute atomic E-state index is 12.5. The van der Waals surface area contributed by atoms with E-state index in [0.717, 1.165) is 22.3 Å². The van der Waals surface area contributed by atoms with Crippen molar-refractivity contribution in [2.75, 3.05) is 26.4 Å². The molecule has 2 amide bonds. The number of thiazole rings is 1. The molecule has 182 valence electrons. The number of rotatable bonds is 10. The van der Waals surface area contributed by atoms with Gasteiger partial charge in [0, 0.05) is 17.8 Å². The summed E-state index contributed by atoms with van der Waals surface area (Å²) in [5.74, 6) is -1.50. The molecule has 0 saturated carbocycles. The number of aliphatic carboxylic acids is 1. The molecule has 10 heteroatoms. The van der Waals surface area contributed by atoms with Crippen molar-refractivity contribution < 1.29 is 29.0 Å². The number of carbonyl (C=O) groups is 3. The zero-order valence-electron chi connectivity index (χ0n) is 19.0. The molecule has 0 saturated heterocycles. The van der Waals surface area contributed by atoms with Crippen LogP contribution in [0.3, 0.4) is 0 Å². The number of carbonyl (C=O) groups excluding carboxylic acids is 2. The minimum absolute atomic E-state index is 0.0295. The summed E-state index contributed by atoms with van der Waals surface area (Å²) in [7, 11) is 0. The zero-order valence-corrected chi connectivity index (χ0v) is 19.8. The van der Waals surface area contributed by atoms with E-state index in [1.807, 2.05) is 24.3 Å². The molecule has 1 atom stereocenters.